The normalized spacial score (nSPS) is 21.5. The van der Waals surface area contributed by atoms with E-state index in [1.54, 1.807) is 4.90 Å². The molecule has 1 unspecified atom stereocenters. The Morgan fingerprint density at radius 3 is 2.24 bits per heavy atom. The molecule has 1 saturated heterocycles. The SMILES string of the molecule is CN(C)C1CCN(CC(C#N)C(F)(F)F)CC1. The van der Waals surface area contributed by atoms with Crippen LogP contribution in [0.3, 0.4) is 0 Å². The number of rotatable bonds is 3. The molecule has 6 heteroatoms. The lowest BCUT2D eigenvalue weighted by Gasteiger charge is -2.36. The maximum absolute atomic E-state index is 12.4. The summed E-state index contributed by atoms with van der Waals surface area (Å²) in [7, 11) is 3.96. The summed E-state index contributed by atoms with van der Waals surface area (Å²) in [5.74, 6) is -1.86. The van der Waals surface area contributed by atoms with E-state index in [9.17, 15) is 13.2 Å². The van der Waals surface area contributed by atoms with Crippen molar-refractivity contribution in [1.82, 2.24) is 9.80 Å². The first-order chi connectivity index (χ1) is 7.84. The van der Waals surface area contributed by atoms with Crippen molar-refractivity contribution in [2.24, 2.45) is 5.92 Å². The molecule has 1 atom stereocenters. The first-order valence-corrected chi connectivity index (χ1v) is 5.69. The highest BCUT2D eigenvalue weighted by molar-refractivity contribution is 4.91. The van der Waals surface area contributed by atoms with Crippen molar-refractivity contribution in [1.29, 1.82) is 5.26 Å². The van der Waals surface area contributed by atoms with Crippen molar-refractivity contribution in [3.63, 3.8) is 0 Å². The van der Waals surface area contributed by atoms with Crippen molar-refractivity contribution in [3.05, 3.63) is 0 Å². The first-order valence-electron chi connectivity index (χ1n) is 5.69. The van der Waals surface area contributed by atoms with E-state index in [-0.39, 0.29) is 6.54 Å². The van der Waals surface area contributed by atoms with Crippen molar-refractivity contribution in [2.75, 3.05) is 33.7 Å². The van der Waals surface area contributed by atoms with Gasteiger partial charge in [-0.1, -0.05) is 0 Å². The monoisotopic (exact) mass is 249 g/mol. The van der Waals surface area contributed by atoms with Crippen LogP contribution in [-0.4, -0.2) is 55.7 Å². The molecule has 0 aromatic heterocycles. The summed E-state index contributed by atoms with van der Waals surface area (Å²) in [6, 6.07) is 1.79. The number of likely N-dealkylation sites (tertiary alicyclic amines) is 1. The Morgan fingerprint density at radius 1 is 1.35 bits per heavy atom. The molecule has 0 radical (unpaired) electrons. The van der Waals surface area contributed by atoms with Crippen molar-refractivity contribution in [2.45, 2.75) is 25.1 Å². The molecular weight excluding hydrogens is 231 g/mol. The highest BCUT2D eigenvalue weighted by Crippen LogP contribution is 2.27. The predicted molar refractivity (Wildman–Crippen MR) is 58.3 cm³/mol. The summed E-state index contributed by atoms with van der Waals surface area (Å²) >= 11 is 0. The first kappa shape index (κ1) is 14.3. The summed E-state index contributed by atoms with van der Waals surface area (Å²) in [6.07, 6.45) is -2.68. The van der Waals surface area contributed by atoms with E-state index < -0.39 is 12.1 Å². The van der Waals surface area contributed by atoms with Crippen molar-refractivity contribution < 1.29 is 13.2 Å². The molecule has 0 bridgehead atoms. The molecule has 1 rings (SSSR count). The van der Waals surface area contributed by atoms with Gasteiger partial charge in [0.15, 0.2) is 5.92 Å². The number of halogens is 3. The number of piperidine rings is 1. The Kier molecular flexibility index (Phi) is 4.78. The van der Waals surface area contributed by atoms with E-state index in [0.717, 1.165) is 12.8 Å². The van der Waals surface area contributed by atoms with Crippen molar-refractivity contribution in [3.8, 4) is 6.07 Å². The maximum Gasteiger partial charge on any atom is 0.405 e. The van der Waals surface area contributed by atoms with E-state index in [1.165, 1.54) is 6.07 Å². The maximum atomic E-state index is 12.4. The zero-order chi connectivity index (χ0) is 13.1. The van der Waals surface area contributed by atoms with Gasteiger partial charge in [0.25, 0.3) is 0 Å². The van der Waals surface area contributed by atoms with Gasteiger partial charge in [0, 0.05) is 12.6 Å². The van der Waals surface area contributed by atoms with Gasteiger partial charge >= 0.3 is 6.18 Å². The molecule has 98 valence electrons. The van der Waals surface area contributed by atoms with Crippen LogP contribution in [0.1, 0.15) is 12.8 Å². The fraction of sp³-hybridized carbons (Fsp3) is 0.909. The van der Waals surface area contributed by atoms with Gasteiger partial charge in [-0.25, -0.2) is 0 Å². The lowest BCUT2D eigenvalue weighted by atomic mass is 10.0. The molecule has 3 nitrogen and oxygen atoms in total. The molecular formula is C11H18F3N3. The van der Waals surface area contributed by atoms with Gasteiger partial charge in [0.05, 0.1) is 6.07 Å². The van der Waals surface area contributed by atoms with Crippen LogP contribution in [0.5, 0.6) is 0 Å². The standard InChI is InChI=1S/C11H18F3N3/c1-16(2)10-3-5-17(6-4-10)8-9(7-15)11(12,13)14/h9-10H,3-6,8H2,1-2H3. The van der Waals surface area contributed by atoms with Gasteiger partial charge in [-0.3, -0.25) is 0 Å². The quantitative estimate of drug-likeness (QED) is 0.763. The lowest BCUT2D eigenvalue weighted by molar-refractivity contribution is -0.163. The molecule has 1 aliphatic rings. The largest absolute Gasteiger partial charge is 0.405 e. The Morgan fingerprint density at radius 2 is 1.88 bits per heavy atom. The van der Waals surface area contributed by atoms with Gasteiger partial charge in [-0.15, -0.1) is 0 Å². The topological polar surface area (TPSA) is 30.3 Å². The highest BCUT2D eigenvalue weighted by Gasteiger charge is 2.41. The minimum Gasteiger partial charge on any atom is -0.306 e. The summed E-state index contributed by atoms with van der Waals surface area (Å²) in [5.41, 5.74) is 0. The van der Waals surface area contributed by atoms with E-state index in [0.29, 0.717) is 19.1 Å². The third-order valence-electron chi connectivity index (χ3n) is 3.28. The van der Waals surface area contributed by atoms with Crippen LogP contribution in [-0.2, 0) is 0 Å². The predicted octanol–water partition coefficient (Wildman–Crippen LogP) is 1.71. The van der Waals surface area contributed by atoms with Gasteiger partial charge in [0.1, 0.15) is 0 Å². The van der Waals surface area contributed by atoms with Crippen molar-refractivity contribution >= 4 is 0 Å². The van der Waals surface area contributed by atoms with Crippen LogP contribution >= 0.6 is 0 Å². The fourth-order valence-corrected chi connectivity index (χ4v) is 2.09. The second-order valence-corrected chi connectivity index (χ2v) is 4.72. The van der Waals surface area contributed by atoms with Gasteiger partial charge in [-0.05, 0) is 40.0 Å². The molecule has 1 fully saturated rings. The molecule has 17 heavy (non-hydrogen) atoms. The zero-order valence-corrected chi connectivity index (χ0v) is 10.2. The molecule has 0 amide bonds. The van der Waals surface area contributed by atoms with Crippen LogP contribution in [0, 0.1) is 17.2 Å². The Bertz CT molecular complexity index is 275. The van der Waals surface area contributed by atoms with Gasteiger partial charge < -0.3 is 9.80 Å². The average molecular weight is 249 g/mol. The minimum atomic E-state index is -4.41. The number of nitrogens with zero attached hydrogens (tertiary/aromatic N) is 3. The fourth-order valence-electron chi connectivity index (χ4n) is 2.09. The molecule has 1 heterocycles. The molecule has 0 saturated carbocycles. The molecule has 0 aromatic carbocycles. The molecule has 0 spiro atoms. The van der Waals surface area contributed by atoms with E-state index in [1.807, 2.05) is 14.1 Å². The number of nitriles is 1. The summed E-state index contributed by atoms with van der Waals surface area (Å²) in [6.45, 7) is 1.08. The molecule has 0 aromatic rings. The summed E-state index contributed by atoms with van der Waals surface area (Å²) in [5, 5.41) is 8.53. The molecule has 0 aliphatic carbocycles. The second-order valence-electron chi connectivity index (χ2n) is 4.72. The summed E-state index contributed by atoms with van der Waals surface area (Å²) < 4.78 is 37.3. The highest BCUT2D eigenvalue weighted by atomic mass is 19.4. The summed E-state index contributed by atoms with van der Waals surface area (Å²) in [4.78, 5) is 3.84. The number of alkyl halides is 3. The second kappa shape index (κ2) is 5.69. The Balaban J connectivity index is 2.43. The van der Waals surface area contributed by atoms with Crippen LogP contribution in [0.15, 0.2) is 0 Å². The van der Waals surface area contributed by atoms with E-state index in [4.69, 9.17) is 5.26 Å². The number of hydrogen-bond donors (Lipinski definition) is 0. The van der Waals surface area contributed by atoms with Crippen LogP contribution in [0.25, 0.3) is 0 Å². The third kappa shape index (κ3) is 4.17. The van der Waals surface area contributed by atoms with Crippen LogP contribution in [0.4, 0.5) is 13.2 Å². The smallest absolute Gasteiger partial charge is 0.306 e. The van der Waals surface area contributed by atoms with E-state index in [2.05, 4.69) is 4.90 Å². The van der Waals surface area contributed by atoms with E-state index >= 15 is 0 Å². The molecule has 1 aliphatic heterocycles. The number of hydrogen-bond acceptors (Lipinski definition) is 3. The van der Waals surface area contributed by atoms with Gasteiger partial charge in [0.2, 0.25) is 0 Å². The van der Waals surface area contributed by atoms with Crippen LogP contribution in [0.2, 0.25) is 0 Å². The van der Waals surface area contributed by atoms with Crippen LogP contribution < -0.4 is 0 Å². The van der Waals surface area contributed by atoms with Gasteiger partial charge in [-0.2, -0.15) is 18.4 Å². The average Bonchev–Trinajstić information content (AvgIpc) is 2.24. The third-order valence-corrected chi connectivity index (χ3v) is 3.28. The molecule has 0 N–H and O–H groups in total. The minimum absolute atomic E-state index is 0.194. The zero-order valence-electron chi connectivity index (χ0n) is 10.2. The Labute approximate surface area is 99.8 Å². The Hall–Kier alpha value is -0.800. The lowest BCUT2D eigenvalue weighted by Crippen LogP contribution is -2.45.